The Morgan fingerprint density at radius 2 is 2.07 bits per heavy atom. The summed E-state index contributed by atoms with van der Waals surface area (Å²) in [5, 5.41) is 12.3. The molecule has 0 spiro atoms. The molecule has 80 valence electrons. The number of nitrogens with one attached hydrogen (secondary N) is 1. The van der Waals surface area contributed by atoms with Crippen LogP contribution in [0.15, 0.2) is 6.07 Å². The van der Waals surface area contributed by atoms with Gasteiger partial charge >= 0.3 is 0 Å². The van der Waals surface area contributed by atoms with Crippen LogP contribution in [0.25, 0.3) is 0 Å². The molecule has 0 amide bonds. The molecule has 1 heterocycles. The van der Waals surface area contributed by atoms with E-state index in [1.165, 1.54) is 15.3 Å². The van der Waals surface area contributed by atoms with Crippen LogP contribution in [0.2, 0.25) is 0 Å². The van der Waals surface area contributed by atoms with Crippen LogP contribution < -0.4 is 5.32 Å². The largest absolute Gasteiger partial charge is 0.395 e. The fraction of sp³-hybridized carbons (Fsp3) is 0.636. The van der Waals surface area contributed by atoms with Crippen molar-refractivity contribution in [2.45, 2.75) is 39.8 Å². The van der Waals surface area contributed by atoms with Crippen molar-refractivity contribution in [3.63, 3.8) is 0 Å². The van der Waals surface area contributed by atoms with Crippen molar-refractivity contribution in [2.24, 2.45) is 0 Å². The Hall–Kier alpha value is -0.380. The van der Waals surface area contributed by atoms with E-state index >= 15 is 0 Å². The van der Waals surface area contributed by atoms with E-state index < -0.39 is 0 Å². The minimum absolute atomic E-state index is 0.157. The Bertz CT molecular complexity index is 295. The summed E-state index contributed by atoms with van der Waals surface area (Å²) in [5.41, 5.74) is 1.35. The lowest BCUT2D eigenvalue weighted by molar-refractivity contribution is 0.243. The molecule has 0 aliphatic heterocycles. The third-order valence-corrected chi connectivity index (χ3v) is 3.34. The first-order chi connectivity index (χ1) is 6.54. The first-order valence-corrected chi connectivity index (χ1v) is 5.80. The Balaban J connectivity index is 2.69. The predicted octanol–water partition coefficient (Wildman–Crippen LogP) is 2.40. The van der Waals surface area contributed by atoms with Crippen LogP contribution >= 0.6 is 11.3 Å². The van der Waals surface area contributed by atoms with Gasteiger partial charge in [0.25, 0.3) is 0 Å². The molecule has 14 heavy (non-hydrogen) atoms. The van der Waals surface area contributed by atoms with E-state index in [9.17, 15) is 0 Å². The van der Waals surface area contributed by atoms with Crippen molar-refractivity contribution in [3.05, 3.63) is 21.4 Å². The van der Waals surface area contributed by atoms with Gasteiger partial charge in [-0.3, -0.25) is 0 Å². The van der Waals surface area contributed by atoms with Crippen LogP contribution in [0.4, 0.5) is 0 Å². The number of hydrogen-bond acceptors (Lipinski definition) is 3. The lowest BCUT2D eigenvalue weighted by atomic mass is 10.1. The average molecular weight is 213 g/mol. The van der Waals surface area contributed by atoms with Crippen molar-refractivity contribution in [2.75, 3.05) is 6.61 Å². The van der Waals surface area contributed by atoms with Gasteiger partial charge in [-0.15, -0.1) is 11.3 Å². The van der Waals surface area contributed by atoms with Gasteiger partial charge in [-0.2, -0.15) is 0 Å². The van der Waals surface area contributed by atoms with Gasteiger partial charge in [0, 0.05) is 21.8 Å². The minimum Gasteiger partial charge on any atom is -0.395 e. The quantitative estimate of drug-likeness (QED) is 0.805. The average Bonchev–Trinajstić information content (AvgIpc) is 2.45. The number of aliphatic hydroxyl groups excluding tert-OH is 1. The normalized spacial score (nSPS) is 15.5. The third-order valence-electron chi connectivity index (χ3n) is 2.35. The minimum atomic E-state index is 0.157. The number of hydrogen-bond donors (Lipinski definition) is 2. The van der Waals surface area contributed by atoms with Crippen molar-refractivity contribution in [1.82, 2.24) is 5.32 Å². The molecule has 0 bridgehead atoms. The van der Waals surface area contributed by atoms with Crippen molar-refractivity contribution < 1.29 is 5.11 Å². The van der Waals surface area contributed by atoms with Crippen molar-refractivity contribution in [1.29, 1.82) is 0 Å². The lowest BCUT2D eigenvalue weighted by Crippen LogP contribution is -2.31. The standard InChI is InChI=1S/C11H19NOS/c1-7(6-13)12-9(3)11-5-8(2)14-10(11)4/h5,7,9,12-13H,6H2,1-4H3/t7-,9?/m0/s1. The number of aliphatic hydroxyl groups is 1. The molecule has 0 saturated carbocycles. The fourth-order valence-corrected chi connectivity index (χ4v) is 2.67. The Morgan fingerprint density at radius 3 is 2.50 bits per heavy atom. The second-order valence-electron chi connectivity index (χ2n) is 3.84. The number of thiophene rings is 1. The van der Waals surface area contributed by atoms with Crippen LogP contribution in [0.3, 0.4) is 0 Å². The van der Waals surface area contributed by atoms with Gasteiger partial charge in [-0.1, -0.05) is 0 Å². The zero-order valence-electron chi connectivity index (χ0n) is 9.29. The summed E-state index contributed by atoms with van der Waals surface area (Å²) in [6.45, 7) is 8.59. The third kappa shape index (κ3) is 2.80. The van der Waals surface area contributed by atoms with Crippen molar-refractivity contribution in [3.8, 4) is 0 Å². The molecule has 1 aromatic heterocycles. The summed E-state index contributed by atoms with van der Waals surface area (Å²) in [4.78, 5) is 2.72. The predicted molar refractivity (Wildman–Crippen MR) is 61.9 cm³/mol. The van der Waals surface area contributed by atoms with Crippen LogP contribution in [-0.4, -0.2) is 17.8 Å². The molecule has 0 saturated heterocycles. The van der Waals surface area contributed by atoms with Gasteiger partial charge in [-0.25, -0.2) is 0 Å². The summed E-state index contributed by atoms with van der Waals surface area (Å²) >= 11 is 1.83. The van der Waals surface area contributed by atoms with Crippen LogP contribution in [0, 0.1) is 13.8 Å². The van der Waals surface area contributed by atoms with E-state index in [0.29, 0.717) is 6.04 Å². The molecule has 1 rings (SSSR count). The smallest absolute Gasteiger partial charge is 0.0582 e. The Morgan fingerprint density at radius 1 is 1.43 bits per heavy atom. The first-order valence-electron chi connectivity index (χ1n) is 4.98. The molecule has 0 aliphatic rings. The summed E-state index contributed by atoms with van der Waals surface area (Å²) in [5.74, 6) is 0. The van der Waals surface area contributed by atoms with E-state index in [1.54, 1.807) is 0 Å². The lowest BCUT2D eigenvalue weighted by Gasteiger charge is -2.18. The Kier molecular flexibility index (Phi) is 4.11. The van der Waals surface area contributed by atoms with Gasteiger partial charge in [0.05, 0.1) is 6.61 Å². The molecule has 0 fully saturated rings. The second kappa shape index (κ2) is 4.91. The summed E-state index contributed by atoms with van der Waals surface area (Å²) in [7, 11) is 0. The monoisotopic (exact) mass is 213 g/mol. The van der Waals surface area contributed by atoms with Gasteiger partial charge in [-0.05, 0) is 39.3 Å². The zero-order chi connectivity index (χ0) is 10.7. The van der Waals surface area contributed by atoms with E-state index in [-0.39, 0.29) is 12.6 Å². The highest BCUT2D eigenvalue weighted by atomic mass is 32.1. The molecular weight excluding hydrogens is 194 g/mol. The Labute approximate surface area is 90.0 Å². The fourth-order valence-electron chi connectivity index (χ4n) is 1.65. The molecular formula is C11H19NOS. The SMILES string of the molecule is Cc1cc(C(C)N[C@@H](C)CO)c(C)s1. The van der Waals surface area contributed by atoms with Gasteiger partial charge in [0.2, 0.25) is 0 Å². The van der Waals surface area contributed by atoms with Crippen molar-refractivity contribution >= 4 is 11.3 Å². The second-order valence-corrected chi connectivity index (χ2v) is 5.30. The summed E-state index contributed by atoms with van der Waals surface area (Å²) < 4.78 is 0. The van der Waals surface area contributed by atoms with E-state index in [1.807, 2.05) is 18.3 Å². The summed E-state index contributed by atoms with van der Waals surface area (Å²) in [6.07, 6.45) is 0. The molecule has 2 nitrogen and oxygen atoms in total. The van der Waals surface area contributed by atoms with E-state index in [2.05, 4.69) is 32.2 Å². The van der Waals surface area contributed by atoms with Gasteiger partial charge in [0.1, 0.15) is 0 Å². The molecule has 2 N–H and O–H groups in total. The highest BCUT2D eigenvalue weighted by Gasteiger charge is 2.12. The van der Waals surface area contributed by atoms with Crippen LogP contribution in [-0.2, 0) is 0 Å². The summed E-state index contributed by atoms with van der Waals surface area (Å²) in [6, 6.07) is 2.70. The maximum absolute atomic E-state index is 8.95. The zero-order valence-corrected chi connectivity index (χ0v) is 10.1. The van der Waals surface area contributed by atoms with Gasteiger partial charge in [0.15, 0.2) is 0 Å². The maximum atomic E-state index is 8.95. The molecule has 1 aromatic rings. The topological polar surface area (TPSA) is 32.3 Å². The number of aryl methyl sites for hydroxylation is 2. The van der Waals surface area contributed by atoms with E-state index in [0.717, 1.165) is 0 Å². The highest BCUT2D eigenvalue weighted by molar-refractivity contribution is 7.12. The molecule has 0 aromatic carbocycles. The molecule has 1 unspecified atom stereocenters. The first kappa shape index (κ1) is 11.7. The molecule has 2 atom stereocenters. The molecule has 3 heteroatoms. The molecule has 0 aliphatic carbocycles. The van der Waals surface area contributed by atoms with Crippen LogP contribution in [0.5, 0.6) is 0 Å². The van der Waals surface area contributed by atoms with E-state index in [4.69, 9.17) is 5.11 Å². The number of rotatable bonds is 4. The highest BCUT2D eigenvalue weighted by Crippen LogP contribution is 2.26. The van der Waals surface area contributed by atoms with Crippen LogP contribution in [0.1, 0.15) is 35.2 Å². The molecule has 0 radical (unpaired) electrons. The van der Waals surface area contributed by atoms with Gasteiger partial charge < -0.3 is 10.4 Å². The maximum Gasteiger partial charge on any atom is 0.0582 e.